The van der Waals surface area contributed by atoms with Gasteiger partial charge in [0.2, 0.25) is 5.91 Å². The fourth-order valence-corrected chi connectivity index (χ4v) is 4.08. The van der Waals surface area contributed by atoms with E-state index in [2.05, 4.69) is 5.32 Å². The van der Waals surface area contributed by atoms with Crippen LogP contribution in [-0.2, 0) is 14.4 Å². The van der Waals surface area contributed by atoms with Crippen molar-refractivity contribution in [1.29, 1.82) is 0 Å². The van der Waals surface area contributed by atoms with Crippen LogP contribution in [0.5, 0.6) is 0 Å². The van der Waals surface area contributed by atoms with Crippen LogP contribution in [0.25, 0.3) is 23.1 Å². The summed E-state index contributed by atoms with van der Waals surface area (Å²) in [5, 5.41) is 11.7. The standard InChI is InChI=1S/C20H16N2O6S/c23-17(22-7-1-2-14(22)19(25)26)6-4-12-10-28-15-5-3-11(8-13(12)15)9-16-18(24)21-20(27)29-16/h3-6,8-10,14H,1-2,7H2,(H,25,26)(H,21,24,27)/t14-/m0/s1. The summed E-state index contributed by atoms with van der Waals surface area (Å²) in [5.74, 6) is -1.79. The maximum Gasteiger partial charge on any atom is 0.326 e. The SMILES string of the molecule is O=C1NC(=O)C(=Cc2ccc3occ(C=CC(=O)N4CCC[C@H]4C(=O)O)c3c2)S1. The zero-order chi connectivity index (χ0) is 20.5. The fraction of sp³-hybridized carbons (Fsp3) is 0.200. The number of thioether (sulfide) groups is 1. The lowest BCUT2D eigenvalue weighted by Gasteiger charge is -2.19. The summed E-state index contributed by atoms with van der Waals surface area (Å²) in [7, 11) is 0. The molecule has 9 heteroatoms. The third-order valence-corrected chi connectivity index (χ3v) is 5.60. The minimum absolute atomic E-state index is 0.305. The van der Waals surface area contributed by atoms with Gasteiger partial charge in [-0.3, -0.25) is 19.7 Å². The molecule has 1 aromatic carbocycles. The van der Waals surface area contributed by atoms with E-state index in [-0.39, 0.29) is 5.91 Å². The number of benzene rings is 1. The first-order chi connectivity index (χ1) is 13.9. The van der Waals surface area contributed by atoms with E-state index in [1.807, 2.05) is 0 Å². The lowest BCUT2D eigenvalue weighted by molar-refractivity contribution is -0.146. The number of rotatable bonds is 4. The van der Waals surface area contributed by atoms with Crippen LogP contribution < -0.4 is 5.32 Å². The number of carboxylic acid groups (broad SMARTS) is 1. The molecule has 2 aromatic rings. The number of amides is 3. The van der Waals surface area contributed by atoms with Crippen molar-refractivity contribution >= 4 is 57.9 Å². The Morgan fingerprint density at radius 3 is 2.86 bits per heavy atom. The molecule has 3 heterocycles. The number of furan rings is 1. The van der Waals surface area contributed by atoms with E-state index < -0.39 is 23.2 Å². The first-order valence-electron chi connectivity index (χ1n) is 8.90. The summed E-state index contributed by atoms with van der Waals surface area (Å²) >= 11 is 0.837. The molecule has 0 saturated carbocycles. The second-order valence-corrected chi connectivity index (χ2v) is 7.67. The molecule has 148 valence electrons. The Kier molecular flexibility index (Phi) is 4.98. The van der Waals surface area contributed by atoms with Gasteiger partial charge in [0, 0.05) is 23.6 Å². The highest BCUT2D eigenvalue weighted by Crippen LogP contribution is 2.29. The number of imide groups is 1. The Balaban J connectivity index is 1.58. The Morgan fingerprint density at radius 1 is 1.31 bits per heavy atom. The molecule has 0 unspecified atom stereocenters. The third kappa shape index (κ3) is 3.81. The van der Waals surface area contributed by atoms with Crippen LogP contribution in [0.1, 0.15) is 24.0 Å². The molecular formula is C20H16N2O6S. The van der Waals surface area contributed by atoms with E-state index in [0.717, 1.165) is 17.1 Å². The molecule has 0 spiro atoms. The smallest absolute Gasteiger partial charge is 0.326 e. The van der Waals surface area contributed by atoms with Gasteiger partial charge in [0.25, 0.3) is 11.1 Å². The van der Waals surface area contributed by atoms with Crippen LogP contribution in [0.3, 0.4) is 0 Å². The van der Waals surface area contributed by atoms with Crippen molar-refractivity contribution in [3.63, 3.8) is 0 Å². The van der Waals surface area contributed by atoms with E-state index >= 15 is 0 Å². The summed E-state index contributed by atoms with van der Waals surface area (Å²) in [6.45, 7) is 0.419. The minimum Gasteiger partial charge on any atom is -0.480 e. The molecule has 2 fully saturated rings. The largest absolute Gasteiger partial charge is 0.480 e. The van der Waals surface area contributed by atoms with Crippen LogP contribution in [0, 0.1) is 0 Å². The van der Waals surface area contributed by atoms with Gasteiger partial charge < -0.3 is 14.4 Å². The van der Waals surface area contributed by atoms with Gasteiger partial charge in [-0.25, -0.2) is 4.79 Å². The number of nitrogens with one attached hydrogen (secondary N) is 1. The molecule has 2 N–H and O–H groups in total. The Labute approximate surface area is 169 Å². The summed E-state index contributed by atoms with van der Waals surface area (Å²) < 4.78 is 5.50. The van der Waals surface area contributed by atoms with Gasteiger partial charge in [-0.15, -0.1) is 0 Å². The van der Waals surface area contributed by atoms with Crippen molar-refractivity contribution in [2.75, 3.05) is 6.54 Å². The fourth-order valence-electron chi connectivity index (χ4n) is 3.40. The molecule has 3 amide bonds. The van der Waals surface area contributed by atoms with Gasteiger partial charge in [0.1, 0.15) is 11.6 Å². The Hall–Kier alpha value is -3.33. The van der Waals surface area contributed by atoms with Crippen molar-refractivity contribution in [2.45, 2.75) is 18.9 Å². The summed E-state index contributed by atoms with van der Waals surface area (Å²) in [6.07, 6.45) is 7.16. The molecule has 2 aliphatic heterocycles. The van der Waals surface area contributed by atoms with Crippen molar-refractivity contribution in [1.82, 2.24) is 10.2 Å². The molecule has 1 atom stereocenters. The summed E-state index contributed by atoms with van der Waals surface area (Å²) in [4.78, 5) is 48.3. The minimum atomic E-state index is -0.997. The molecule has 4 rings (SSSR count). The molecule has 8 nitrogen and oxygen atoms in total. The van der Waals surface area contributed by atoms with Gasteiger partial charge >= 0.3 is 5.97 Å². The number of fused-ring (bicyclic) bond motifs is 1. The van der Waals surface area contributed by atoms with Crippen LogP contribution >= 0.6 is 11.8 Å². The van der Waals surface area contributed by atoms with Crippen LogP contribution in [0.2, 0.25) is 0 Å². The number of hydrogen-bond acceptors (Lipinski definition) is 6. The first-order valence-corrected chi connectivity index (χ1v) is 9.71. The second kappa shape index (κ2) is 7.59. The molecule has 29 heavy (non-hydrogen) atoms. The Morgan fingerprint density at radius 2 is 2.14 bits per heavy atom. The lowest BCUT2D eigenvalue weighted by atomic mass is 10.1. The normalized spacial score (nSPS) is 20.9. The van der Waals surface area contributed by atoms with E-state index in [0.29, 0.717) is 41.0 Å². The number of carbonyl (C=O) groups excluding carboxylic acids is 3. The van der Waals surface area contributed by atoms with Crippen LogP contribution in [0.4, 0.5) is 4.79 Å². The molecule has 1 aromatic heterocycles. The highest BCUT2D eigenvalue weighted by Gasteiger charge is 2.32. The lowest BCUT2D eigenvalue weighted by Crippen LogP contribution is -2.39. The van der Waals surface area contributed by atoms with Crippen LogP contribution in [0.15, 0.2) is 39.9 Å². The number of likely N-dealkylation sites (tertiary alicyclic amines) is 1. The van der Waals surface area contributed by atoms with E-state index in [1.165, 1.54) is 17.2 Å². The molecule has 2 saturated heterocycles. The highest BCUT2D eigenvalue weighted by molar-refractivity contribution is 8.18. The number of hydrogen-bond donors (Lipinski definition) is 2. The zero-order valence-electron chi connectivity index (χ0n) is 15.1. The predicted molar refractivity (Wildman–Crippen MR) is 107 cm³/mol. The monoisotopic (exact) mass is 412 g/mol. The molecule has 0 aliphatic carbocycles. The topological polar surface area (TPSA) is 117 Å². The number of nitrogens with zero attached hydrogens (tertiary/aromatic N) is 1. The maximum atomic E-state index is 12.4. The predicted octanol–water partition coefficient (Wildman–Crippen LogP) is 2.85. The molecule has 0 bridgehead atoms. The molecule has 0 radical (unpaired) electrons. The Bertz CT molecular complexity index is 1100. The van der Waals surface area contributed by atoms with E-state index in [9.17, 15) is 24.3 Å². The van der Waals surface area contributed by atoms with Gasteiger partial charge in [-0.05, 0) is 54.5 Å². The van der Waals surface area contributed by atoms with Crippen molar-refractivity contribution in [2.24, 2.45) is 0 Å². The van der Waals surface area contributed by atoms with Crippen molar-refractivity contribution in [3.05, 3.63) is 46.6 Å². The first kappa shape index (κ1) is 19.0. The number of carbonyl (C=O) groups is 4. The third-order valence-electron chi connectivity index (χ3n) is 4.79. The van der Waals surface area contributed by atoms with Gasteiger partial charge in [-0.2, -0.15) is 0 Å². The zero-order valence-corrected chi connectivity index (χ0v) is 15.9. The van der Waals surface area contributed by atoms with Gasteiger partial charge in [0.05, 0.1) is 11.2 Å². The van der Waals surface area contributed by atoms with Gasteiger partial charge in [0.15, 0.2) is 0 Å². The summed E-state index contributed by atoms with van der Waals surface area (Å²) in [6, 6.07) is 4.50. The quantitative estimate of drug-likeness (QED) is 0.742. The van der Waals surface area contributed by atoms with Gasteiger partial charge in [-0.1, -0.05) is 6.07 Å². The van der Waals surface area contributed by atoms with E-state index in [4.69, 9.17) is 4.42 Å². The highest BCUT2D eigenvalue weighted by atomic mass is 32.2. The molecule has 2 aliphatic rings. The number of carboxylic acids is 1. The van der Waals surface area contributed by atoms with E-state index in [1.54, 1.807) is 30.4 Å². The van der Waals surface area contributed by atoms with Crippen molar-refractivity contribution < 1.29 is 28.7 Å². The average molecular weight is 412 g/mol. The molecular weight excluding hydrogens is 396 g/mol. The second-order valence-electron chi connectivity index (χ2n) is 6.66. The van der Waals surface area contributed by atoms with Crippen molar-refractivity contribution in [3.8, 4) is 0 Å². The maximum absolute atomic E-state index is 12.4. The summed E-state index contributed by atoms with van der Waals surface area (Å²) in [5.41, 5.74) is 1.96. The van der Waals surface area contributed by atoms with Crippen LogP contribution in [-0.4, -0.2) is 45.6 Å². The number of aliphatic carboxylic acids is 1. The average Bonchev–Trinajstić information content (AvgIpc) is 3.39.